The van der Waals surface area contributed by atoms with E-state index in [0.29, 0.717) is 21.7 Å². The SMILES string of the molecule is CSc1cccc(-n2nnn(C)c2=O)c1/C(ON)=C(/C)c1cccc(C(F)(F)F)c1. The smallest absolute Gasteiger partial charge is 0.410 e. The predicted molar refractivity (Wildman–Crippen MR) is 108 cm³/mol. The van der Waals surface area contributed by atoms with E-state index in [1.165, 1.54) is 30.9 Å². The zero-order chi connectivity index (χ0) is 22.1. The first-order chi connectivity index (χ1) is 14.2. The molecule has 2 N–H and O–H groups in total. The lowest BCUT2D eigenvalue weighted by Gasteiger charge is -2.17. The van der Waals surface area contributed by atoms with E-state index in [1.54, 1.807) is 25.1 Å². The lowest BCUT2D eigenvalue weighted by Crippen LogP contribution is -2.23. The van der Waals surface area contributed by atoms with Crippen LogP contribution in [-0.2, 0) is 18.1 Å². The maximum Gasteiger partial charge on any atom is 0.416 e. The number of thioether (sulfide) groups is 1. The monoisotopic (exact) mass is 437 g/mol. The van der Waals surface area contributed by atoms with Crippen LogP contribution in [-0.4, -0.2) is 26.0 Å². The standard InChI is InChI=1S/C19H18F3N5O2S/c1-11(12-6-4-7-13(10-12)19(20,21)22)17(29-23)16-14(8-5-9-15(16)30-3)27-18(28)26(2)24-25-27/h4-10H,23H2,1-3H3/b17-11+. The third-order valence-corrected chi connectivity index (χ3v) is 5.26. The van der Waals surface area contributed by atoms with Gasteiger partial charge in [-0.15, -0.1) is 11.8 Å². The van der Waals surface area contributed by atoms with Crippen LogP contribution in [0.15, 0.2) is 52.2 Å². The van der Waals surface area contributed by atoms with Gasteiger partial charge in [-0.3, -0.25) is 0 Å². The quantitative estimate of drug-likeness (QED) is 0.285. The van der Waals surface area contributed by atoms with E-state index < -0.39 is 17.4 Å². The molecule has 0 saturated heterocycles. The van der Waals surface area contributed by atoms with Gasteiger partial charge in [0.2, 0.25) is 0 Å². The third kappa shape index (κ3) is 3.98. The molecule has 0 radical (unpaired) electrons. The molecule has 3 aromatic rings. The van der Waals surface area contributed by atoms with Gasteiger partial charge < -0.3 is 4.84 Å². The Kier molecular flexibility index (Phi) is 6.04. The van der Waals surface area contributed by atoms with Crippen molar-refractivity contribution in [2.45, 2.75) is 18.0 Å². The van der Waals surface area contributed by atoms with Crippen LogP contribution in [0.1, 0.15) is 23.6 Å². The second-order valence-electron chi connectivity index (χ2n) is 6.30. The Morgan fingerprint density at radius 3 is 2.43 bits per heavy atom. The first-order valence-corrected chi connectivity index (χ1v) is 9.83. The zero-order valence-corrected chi connectivity index (χ0v) is 17.1. The molecule has 0 atom stereocenters. The highest BCUT2D eigenvalue weighted by molar-refractivity contribution is 7.98. The number of tetrazole rings is 1. The van der Waals surface area contributed by atoms with Crippen LogP contribution in [0.3, 0.4) is 0 Å². The van der Waals surface area contributed by atoms with Gasteiger partial charge in [0, 0.05) is 17.5 Å². The molecule has 0 aliphatic rings. The summed E-state index contributed by atoms with van der Waals surface area (Å²) >= 11 is 1.36. The topological polar surface area (TPSA) is 88.0 Å². The molecule has 0 aliphatic carbocycles. The molecule has 11 heteroatoms. The van der Waals surface area contributed by atoms with Gasteiger partial charge in [0.15, 0.2) is 5.76 Å². The van der Waals surface area contributed by atoms with Crippen molar-refractivity contribution in [3.05, 3.63) is 69.6 Å². The van der Waals surface area contributed by atoms with Crippen LogP contribution < -0.4 is 11.6 Å². The van der Waals surface area contributed by atoms with Crippen LogP contribution in [0.25, 0.3) is 17.0 Å². The minimum Gasteiger partial charge on any atom is -0.410 e. The fraction of sp³-hybridized carbons (Fsp3) is 0.211. The highest BCUT2D eigenvalue weighted by Gasteiger charge is 2.31. The average molecular weight is 437 g/mol. The summed E-state index contributed by atoms with van der Waals surface area (Å²) in [4.78, 5) is 18.2. The summed E-state index contributed by atoms with van der Waals surface area (Å²) in [5.74, 6) is 5.68. The number of hydrogen-bond donors (Lipinski definition) is 1. The number of halogens is 3. The number of aryl methyl sites for hydroxylation is 1. The fourth-order valence-corrected chi connectivity index (χ4v) is 3.57. The molecule has 30 heavy (non-hydrogen) atoms. The van der Waals surface area contributed by atoms with Gasteiger partial charge in [-0.25, -0.2) is 4.79 Å². The van der Waals surface area contributed by atoms with Crippen molar-refractivity contribution >= 4 is 23.1 Å². The average Bonchev–Trinajstić information content (AvgIpc) is 3.06. The highest BCUT2D eigenvalue weighted by atomic mass is 32.2. The molecule has 2 aromatic carbocycles. The summed E-state index contributed by atoms with van der Waals surface area (Å²) < 4.78 is 41.6. The van der Waals surface area contributed by atoms with Gasteiger partial charge in [-0.1, -0.05) is 18.2 Å². The van der Waals surface area contributed by atoms with E-state index in [-0.39, 0.29) is 11.3 Å². The summed E-state index contributed by atoms with van der Waals surface area (Å²) in [7, 11) is 1.45. The lowest BCUT2D eigenvalue weighted by molar-refractivity contribution is -0.137. The van der Waals surface area contributed by atoms with E-state index in [2.05, 4.69) is 10.4 Å². The first kappa shape index (κ1) is 21.7. The summed E-state index contributed by atoms with van der Waals surface area (Å²) in [6.45, 7) is 1.60. The van der Waals surface area contributed by atoms with Gasteiger partial charge >= 0.3 is 11.9 Å². The van der Waals surface area contributed by atoms with Gasteiger partial charge in [0.25, 0.3) is 0 Å². The van der Waals surface area contributed by atoms with Crippen LogP contribution in [0, 0.1) is 0 Å². The van der Waals surface area contributed by atoms with Crippen molar-refractivity contribution in [1.82, 2.24) is 19.8 Å². The number of alkyl halides is 3. The summed E-state index contributed by atoms with van der Waals surface area (Å²) in [6, 6.07) is 9.97. The second-order valence-corrected chi connectivity index (χ2v) is 7.15. The number of rotatable bonds is 5. The number of nitrogens with zero attached hydrogens (tertiary/aromatic N) is 4. The van der Waals surface area contributed by atoms with E-state index in [1.807, 2.05) is 6.26 Å². The Hall–Kier alpha value is -3.05. The Labute approximate surface area is 173 Å². The van der Waals surface area contributed by atoms with E-state index in [0.717, 1.165) is 21.5 Å². The summed E-state index contributed by atoms with van der Waals surface area (Å²) in [5, 5.41) is 7.57. The van der Waals surface area contributed by atoms with E-state index >= 15 is 0 Å². The van der Waals surface area contributed by atoms with Crippen molar-refractivity contribution < 1.29 is 18.0 Å². The molecular weight excluding hydrogens is 419 g/mol. The minimum atomic E-state index is -4.49. The fourth-order valence-electron chi connectivity index (χ4n) is 2.95. The lowest BCUT2D eigenvalue weighted by atomic mass is 9.99. The highest BCUT2D eigenvalue weighted by Crippen LogP contribution is 2.37. The van der Waals surface area contributed by atoms with Gasteiger partial charge in [-0.2, -0.15) is 28.4 Å². The molecule has 0 spiro atoms. The Balaban J connectivity index is 2.29. The second kappa shape index (κ2) is 8.36. The van der Waals surface area contributed by atoms with Crippen LogP contribution >= 0.6 is 11.8 Å². The normalized spacial score (nSPS) is 12.6. The predicted octanol–water partition coefficient (Wildman–Crippen LogP) is 3.49. The summed E-state index contributed by atoms with van der Waals surface area (Å²) in [6.07, 6.45) is -2.68. The largest absolute Gasteiger partial charge is 0.416 e. The van der Waals surface area contributed by atoms with Crippen LogP contribution in [0.2, 0.25) is 0 Å². The summed E-state index contributed by atoms with van der Waals surface area (Å²) in [5.41, 5.74) is 0.112. The number of allylic oxidation sites excluding steroid dienone is 1. The third-order valence-electron chi connectivity index (χ3n) is 4.48. The van der Waals surface area contributed by atoms with Crippen molar-refractivity contribution in [3.63, 3.8) is 0 Å². The maximum atomic E-state index is 13.2. The molecule has 0 amide bonds. The minimum absolute atomic E-state index is 0.117. The van der Waals surface area contributed by atoms with Crippen LogP contribution in [0.5, 0.6) is 0 Å². The van der Waals surface area contributed by atoms with E-state index in [4.69, 9.17) is 10.7 Å². The molecule has 7 nitrogen and oxygen atoms in total. The molecule has 3 rings (SSSR count). The van der Waals surface area contributed by atoms with Gasteiger partial charge in [-0.05, 0) is 53.4 Å². The van der Waals surface area contributed by atoms with Gasteiger partial charge in [0.1, 0.15) is 0 Å². The van der Waals surface area contributed by atoms with Gasteiger partial charge in [0.05, 0.1) is 16.8 Å². The molecule has 1 aromatic heterocycles. The Morgan fingerprint density at radius 2 is 1.87 bits per heavy atom. The Morgan fingerprint density at radius 1 is 1.17 bits per heavy atom. The number of benzene rings is 2. The number of nitrogens with two attached hydrogens (primary N) is 1. The molecule has 0 fully saturated rings. The molecule has 0 unspecified atom stereocenters. The van der Waals surface area contributed by atoms with Crippen molar-refractivity contribution in [3.8, 4) is 5.69 Å². The van der Waals surface area contributed by atoms with Crippen molar-refractivity contribution in [2.24, 2.45) is 12.9 Å². The number of hydrogen-bond acceptors (Lipinski definition) is 6. The van der Waals surface area contributed by atoms with Crippen LogP contribution in [0.4, 0.5) is 13.2 Å². The molecule has 158 valence electrons. The number of aromatic nitrogens is 4. The zero-order valence-electron chi connectivity index (χ0n) is 16.3. The first-order valence-electron chi connectivity index (χ1n) is 8.61. The molecule has 0 aliphatic heterocycles. The Bertz CT molecular complexity index is 1170. The van der Waals surface area contributed by atoms with Crippen molar-refractivity contribution in [1.29, 1.82) is 0 Å². The van der Waals surface area contributed by atoms with E-state index in [9.17, 15) is 18.0 Å². The molecular formula is C19H18F3N5O2S. The molecule has 0 saturated carbocycles. The molecule has 1 heterocycles. The van der Waals surface area contributed by atoms with Crippen molar-refractivity contribution in [2.75, 3.05) is 6.26 Å². The maximum absolute atomic E-state index is 13.2. The molecule has 0 bridgehead atoms.